The Labute approximate surface area is 212 Å². The van der Waals surface area contributed by atoms with E-state index < -0.39 is 18.2 Å². The molecule has 3 atom stereocenters. The van der Waals surface area contributed by atoms with E-state index >= 15 is 0 Å². The number of nitrogens with zero attached hydrogens (tertiary/aromatic N) is 1. The molecule has 0 saturated carbocycles. The fourth-order valence-corrected chi connectivity index (χ4v) is 4.23. The minimum atomic E-state index is -1.09. The number of benzene rings is 1. The summed E-state index contributed by atoms with van der Waals surface area (Å²) in [7, 11) is 0. The summed E-state index contributed by atoms with van der Waals surface area (Å²) >= 11 is 2.14. The first-order chi connectivity index (χ1) is 16.4. The number of aliphatic hydroxyl groups is 2. The smallest absolute Gasteiger partial charge is 0.247 e. The quantitative estimate of drug-likeness (QED) is 0.295. The number of carbonyl (C=O) groups excluding carboxylic acids is 2. The molecule has 8 nitrogen and oxygen atoms in total. The lowest BCUT2D eigenvalue weighted by molar-refractivity contribution is -0.134. The number of ether oxygens (including phenoxy) is 1. The molecule has 0 aliphatic heterocycles. The largest absolute Gasteiger partial charge is 0.482 e. The predicted molar refractivity (Wildman–Crippen MR) is 135 cm³/mol. The number of carbonyl (C=O) groups is 2. The van der Waals surface area contributed by atoms with E-state index in [0.717, 1.165) is 9.13 Å². The molecule has 1 aromatic carbocycles. The molecule has 0 unspecified atom stereocenters. The lowest BCUT2D eigenvalue weighted by Crippen LogP contribution is -2.54. The van der Waals surface area contributed by atoms with Crippen LogP contribution < -0.4 is 10.1 Å². The Bertz CT molecular complexity index is 1020. The van der Waals surface area contributed by atoms with Gasteiger partial charge in [0.25, 0.3) is 0 Å². The van der Waals surface area contributed by atoms with Crippen molar-refractivity contribution in [3.05, 3.63) is 75.8 Å². The summed E-state index contributed by atoms with van der Waals surface area (Å²) in [6.45, 7) is 2.03. The summed E-state index contributed by atoms with van der Waals surface area (Å²) in [5.41, 5.74) is 1.14. The Kier molecular flexibility index (Phi) is 9.73. The lowest BCUT2D eigenvalue weighted by atomic mass is 9.88. The van der Waals surface area contributed by atoms with Crippen LogP contribution in [0.15, 0.2) is 71.1 Å². The summed E-state index contributed by atoms with van der Waals surface area (Å²) in [6.07, 6.45) is 6.77. The van der Waals surface area contributed by atoms with Crippen molar-refractivity contribution in [2.24, 2.45) is 0 Å². The Balaban J connectivity index is 1.96. The second kappa shape index (κ2) is 12.7. The molecule has 3 N–H and O–H groups in total. The molecule has 0 radical (unpaired) electrons. The fourth-order valence-electron chi connectivity index (χ4n) is 3.72. The van der Waals surface area contributed by atoms with Gasteiger partial charge >= 0.3 is 0 Å². The molecule has 2 aromatic rings. The number of halogens is 1. The number of nitrogens with one attached hydrogen (secondary N) is 1. The van der Waals surface area contributed by atoms with Crippen LogP contribution in [0.25, 0.3) is 0 Å². The third-order valence-electron chi connectivity index (χ3n) is 5.43. The molecule has 1 aliphatic carbocycles. The maximum atomic E-state index is 13.1. The Morgan fingerprint density at radius 1 is 1.32 bits per heavy atom. The highest BCUT2D eigenvalue weighted by atomic mass is 127. The molecule has 0 saturated heterocycles. The van der Waals surface area contributed by atoms with Crippen molar-refractivity contribution >= 4 is 34.4 Å². The number of hydrogen-bond donors (Lipinski definition) is 3. The van der Waals surface area contributed by atoms with Gasteiger partial charge in [0.1, 0.15) is 18.0 Å². The molecule has 0 fully saturated rings. The van der Waals surface area contributed by atoms with Crippen LogP contribution in [0, 0.1) is 3.57 Å². The Morgan fingerprint density at radius 2 is 2.12 bits per heavy atom. The first-order valence-corrected chi connectivity index (χ1v) is 12.2. The Morgan fingerprint density at radius 3 is 2.79 bits per heavy atom. The van der Waals surface area contributed by atoms with E-state index in [2.05, 4.69) is 27.9 Å². The first kappa shape index (κ1) is 26.0. The molecule has 182 valence electrons. The maximum Gasteiger partial charge on any atom is 0.247 e. The average Bonchev–Trinajstić information content (AvgIpc) is 3.35. The van der Waals surface area contributed by atoms with Crippen LogP contribution in [-0.4, -0.2) is 58.3 Å². The molecular formula is C25H29IN2O6. The summed E-state index contributed by atoms with van der Waals surface area (Å²) in [5, 5.41) is 23.1. The summed E-state index contributed by atoms with van der Waals surface area (Å²) < 4.78 is 12.1. The molecular weight excluding hydrogens is 551 g/mol. The van der Waals surface area contributed by atoms with E-state index in [9.17, 15) is 14.7 Å². The van der Waals surface area contributed by atoms with Crippen molar-refractivity contribution in [3.63, 3.8) is 0 Å². The van der Waals surface area contributed by atoms with Gasteiger partial charge in [-0.05, 0) is 59.4 Å². The highest BCUT2D eigenvalue weighted by Gasteiger charge is 2.40. The van der Waals surface area contributed by atoms with Crippen molar-refractivity contribution in [1.82, 2.24) is 10.2 Å². The lowest BCUT2D eigenvalue weighted by Gasteiger charge is -2.40. The summed E-state index contributed by atoms with van der Waals surface area (Å²) in [5.74, 6) is -0.0861. The highest BCUT2D eigenvalue weighted by Crippen LogP contribution is 2.30. The van der Waals surface area contributed by atoms with E-state index in [0.29, 0.717) is 17.7 Å². The third kappa shape index (κ3) is 6.71. The monoisotopic (exact) mass is 580 g/mol. The molecule has 9 heteroatoms. The molecule has 1 heterocycles. The van der Waals surface area contributed by atoms with Gasteiger partial charge in [-0.1, -0.05) is 25.1 Å². The fraction of sp³-hybridized carbons (Fsp3) is 0.360. The van der Waals surface area contributed by atoms with Crippen molar-refractivity contribution < 1.29 is 29.0 Å². The van der Waals surface area contributed by atoms with E-state index in [1.807, 2.05) is 25.1 Å². The van der Waals surface area contributed by atoms with Crippen molar-refractivity contribution in [1.29, 1.82) is 0 Å². The molecule has 34 heavy (non-hydrogen) atoms. The van der Waals surface area contributed by atoms with Gasteiger partial charge in [-0.2, -0.15) is 0 Å². The summed E-state index contributed by atoms with van der Waals surface area (Å²) in [4.78, 5) is 27.5. The van der Waals surface area contributed by atoms with Gasteiger partial charge in [0, 0.05) is 30.6 Å². The molecule has 0 bridgehead atoms. The zero-order valence-electron chi connectivity index (χ0n) is 18.9. The minimum absolute atomic E-state index is 0.0996. The SMILES string of the molecule is CCC=CC(=O)N(Cc1ccoc1)[C@@H]1CC(C(=O)NCCO)=C[C@H](Oc2ccccc2I)[C@H]1O. The van der Waals surface area contributed by atoms with E-state index in [1.165, 1.54) is 12.3 Å². The zero-order valence-corrected chi connectivity index (χ0v) is 21.1. The van der Waals surface area contributed by atoms with Crippen LogP contribution in [0.4, 0.5) is 0 Å². The van der Waals surface area contributed by atoms with Crippen LogP contribution in [0.1, 0.15) is 25.3 Å². The van der Waals surface area contributed by atoms with Gasteiger partial charge in [-0.25, -0.2) is 0 Å². The molecule has 1 aromatic heterocycles. The molecule has 2 amide bonds. The molecule has 3 rings (SSSR count). The topological polar surface area (TPSA) is 112 Å². The second-order valence-electron chi connectivity index (χ2n) is 7.85. The van der Waals surface area contributed by atoms with E-state index in [-0.39, 0.29) is 37.9 Å². The number of hydrogen-bond acceptors (Lipinski definition) is 6. The number of para-hydroxylation sites is 1. The van der Waals surface area contributed by atoms with Crippen molar-refractivity contribution in [2.45, 2.75) is 44.6 Å². The maximum absolute atomic E-state index is 13.1. The molecule has 1 aliphatic rings. The Hall–Kier alpha value is -2.63. The van der Waals surface area contributed by atoms with Crippen molar-refractivity contribution in [3.8, 4) is 5.75 Å². The normalized spacial score (nSPS) is 20.1. The number of allylic oxidation sites excluding steroid dienone is 1. The van der Waals surface area contributed by atoms with Crippen LogP contribution in [0.5, 0.6) is 5.75 Å². The number of amides is 2. The second-order valence-corrected chi connectivity index (χ2v) is 9.02. The zero-order chi connectivity index (χ0) is 24.5. The minimum Gasteiger partial charge on any atom is -0.482 e. The number of rotatable bonds is 10. The van der Waals surface area contributed by atoms with Crippen LogP contribution >= 0.6 is 22.6 Å². The standard InChI is InChI=1S/C25H29IN2O6/c1-2-3-8-23(30)28(15-17-9-12-33-16-17)20-13-18(25(32)27-10-11-29)14-22(24(20)31)34-21-7-5-4-6-19(21)26/h3-9,12,14,16,20,22,24,29,31H,2,10-11,13,15H2,1H3,(H,27,32)/t20-,22+,24+/m1/s1. The highest BCUT2D eigenvalue weighted by molar-refractivity contribution is 14.1. The van der Waals surface area contributed by atoms with Gasteiger partial charge < -0.3 is 29.6 Å². The predicted octanol–water partition coefficient (Wildman–Crippen LogP) is 2.79. The van der Waals surface area contributed by atoms with Crippen molar-refractivity contribution in [2.75, 3.05) is 13.2 Å². The molecule has 0 spiro atoms. The number of aliphatic hydroxyl groups excluding tert-OH is 2. The van der Waals surface area contributed by atoms with E-state index in [4.69, 9.17) is 14.3 Å². The number of furan rings is 1. The van der Waals surface area contributed by atoms with Gasteiger partial charge in [0.05, 0.1) is 28.7 Å². The van der Waals surface area contributed by atoms with Crippen LogP contribution in [-0.2, 0) is 16.1 Å². The van der Waals surface area contributed by atoms with Gasteiger partial charge in [0.2, 0.25) is 11.8 Å². The average molecular weight is 580 g/mol. The third-order valence-corrected chi connectivity index (χ3v) is 6.32. The van der Waals surface area contributed by atoms with Crippen LogP contribution in [0.3, 0.4) is 0 Å². The van der Waals surface area contributed by atoms with Gasteiger partial charge in [-0.3, -0.25) is 9.59 Å². The van der Waals surface area contributed by atoms with Gasteiger partial charge in [-0.15, -0.1) is 0 Å². The first-order valence-electron chi connectivity index (χ1n) is 11.1. The van der Waals surface area contributed by atoms with Gasteiger partial charge in [0.15, 0.2) is 0 Å². The summed E-state index contributed by atoms with van der Waals surface area (Å²) in [6, 6.07) is 8.40. The van der Waals surface area contributed by atoms with E-state index in [1.54, 1.807) is 35.4 Å². The van der Waals surface area contributed by atoms with Crippen LogP contribution in [0.2, 0.25) is 0 Å².